The van der Waals surface area contributed by atoms with E-state index in [1.54, 1.807) is 26.2 Å². The van der Waals surface area contributed by atoms with Gasteiger partial charge in [-0.15, -0.1) is 11.3 Å². The molecule has 0 bridgehead atoms. The number of hydrogen-bond acceptors (Lipinski definition) is 6. The van der Waals surface area contributed by atoms with E-state index in [9.17, 15) is 21.6 Å². The molecule has 10 heteroatoms. The molecule has 1 aromatic carbocycles. The van der Waals surface area contributed by atoms with Gasteiger partial charge >= 0.3 is 0 Å². The average molecular weight is 417 g/mol. The normalized spacial score (nSPS) is 12.1. The van der Waals surface area contributed by atoms with Gasteiger partial charge in [0.05, 0.1) is 4.90 Å². The van der Waals surface area contributed by atoms with Crippen LogP contribution in [-0.2, 0) is 31.1 Å². The molecule has 2 rings (SSSR count). The minimum Gasteiger partial charge on any atom is -0.349 e. The molecule has 0 spiro atoms. The second kappa shape index (κ2) is 7.87. The molecule has 1 heterocycles. The summed E-state index contributed by atoms with van der Waals surface area (Å²) in [5, 5.41) is 5.02. The van der Waals surface area contributed by atoms with Crippen LogP contribution >= 0.6 is 11.3 Å². The molecule has 0 atom stereocenters. The van der Waals surface area contributed by atoms with Crippen molar-refractivity contribution in [3.63, 3.8) is 0 Å². The Labute approximate surface area is 157 Å². The second-order valence-electron chi connectivity index (χ2n) is 5.91. The van der Waals surface area contributed by atoms with E-state index in [1.807, 2.05) is 0 Å². The van der Waals surface area contributed by atoms with E-state index in [-0.39, 0.29) is 19.2 Å². The molecular weight excluding hydrogens is 396 g/mol. The highest BCUT2D eigenvalue weighted by atomic mass is 32.3. The van der Waals surface area contributed by atoms with Crippen LogP contribution in [0.1, 0.15) is 18.4 Å². The molecular formula is C16H20N2O5S3. The first-order chi connectivity index (χ1) is 12.0. The molecule has 0 unspecified atom stereocenters. The van der Waals surface area contributed by atoms with Gasteiger partial charge in [0.25, 0.3) is 0 Å². The number of rotatable bonds is 7. The predicted molar refractivity (Wildman–Crippen MR) is 99.2 cm³/mol. The van der Waals surface area contributed by atoms with Gasteiger partial charge in [-0.2, -0.15) is 0 Å². The number of primary sulfonamides is 1. The first-order valence-electron chi connectivity index (χ1n) is 7.68. The quantitative estimate of drug-likeness (QED) is 0.737. The van der Waals surface area contributed by atoms with Gasteiger partial charge in [-0.1, -0.05) is 12.1 Å². The lowest BCUT2D eigenvalue weighted by atomic mass is 10.1. The maximum Gasteiger partial charge on any atom is 0.247 e. The van der Waals surface area contributed by atoms with Crippen molar-refractivity contribution in [3.8, 4) is 0 Å². The average Bonchev–Trinajstić information content (AvgIpc) is 3.06. The summed E-state index contributed by atoms with van der Waals surface area (Å²) in [7, 11) is -4.33. The molecule has 2 aromatic rings. The highest BCUT2D eigenvalue weighted by Gasteiger charge is 2.22. The summed E-state index contributed by atoms with van der Waals surface area (Å²) in [6.45, 7) is 0. The highest BCUT2D eigenvalue weighted by Crippen LogP contribution is 2.29. The fraction of sp³-hybridized carbons (Fsp3) is 0.312. The minimum atomic E-state index is -3.93. The number of carbonyl (C=O) groups excluding carboxylic acids is 1. The molecule has 0 radical (unpaired) electrons. The van der Waals surface area contributed by atoms with Crippen molar-refractivity contribution in [3.05, 3.63) is 42.0 Å². The van der Waals surface area contributed by atoms with Gasteiger partial charge in [-0.3, -0.25) is 4.79 Å². The van der Waals surface area contributed by atoms with Gasteiger partial charge in [0.1, 0.15) is 8.42 Å². The molecule has 0 aliphatic heterocycles. The van der Waals surface area contributed by atoms with Crippen LogP contribution in [-0.4, -0.2) is 41.7 Å². The number of aryl methyl sites for hydroxylation is 1. The van der Waals surface area contributed by atoms with Gasteiger partial charge < -0.3 is 4.90 Å². The standard InChI is InChI=1S/C16H20N2O5S3/c1-18(2)14(19)5-3-4-12-6-8-13(9-7-12)25(20,21)15-10-11-16(24-15)26(17,22)23/h6-11H,3-5H2,1-2H3,(H2,17,22,23). The first kappa shape index (κ1) is 20.6. The number of thiophene rings is 1. The van der Waals surface area contributed by atoms with Crippen molar-refractivity contribution in [2.45, 2.75) is 32.6 Å². The van der Waals surface area contributed by atoms with Gasteiger partial charge in [0.2, 0.25) is 25.8 Å². The van der Waals surface area contributed by atoms with Gasteiger partial charge in [-0.25, -0.2) is 22.0 Å². The Bertz CT molecular complexity index is 991. The van der Waals surface area contributed by atoms with Gasteiger partial charge in [0.15, 0.2) is 0 Å². The van der Waals surface area contributed by atoms with Crippen molar-refractivity contribution < 1.29 is 21.6 Å². The molecule has 0 saturated heterocycles. The number of nitrogens with zero attached hydrogens (tertiary/aromatic N) is 1. The zero-order chi connectivity index (χ0) is 19.5. The Morgan fingerprint density at radius 1 is 1.00 bits per heavy atom. The van der Waals surface area contributed by atoms with Crippen molar-refractivity contribution in [1.29, 1.82) is 0 Å². The number of nitrogens with two attached hydrogens (primary N) is 1. The fourth-order valence-corrected chi connectivity index (χ4v) is 5.81. The Morgan fingerprint density at radius 2 is 1.58 bits per heavy atom. The topological polar surface area (TPSA) is 115 Å². The Hall–Kier alpha value is -1.75. The number of amides is 1. The van der Waals surface area contributed by atoms with Crippen LogP contribution in [0.15, 0.2) is 49.7 Å². The van der Waals surface area contributed by atoms with E-state index < -0.39 is 19.9 Å². The van der Waals surface area contributed by atoms with Crippen LogP contribution in [0.25, 0.3) is 0 Å². The zero-order valence-corrected chi connectivity index (χ0v) is 16.8. The molecule has 1 aromatic heterocycles. The SMILES string of the molecule is CN(C)C(=O)CCCc1ccc(S(=O)(=O)c2ccc(S(N)(=O)=O)s2)cc1. The first-order valence-corrected chi connectivity index (χ1v) is 11.5. The van der Waals surface area contributed by atoms with E-state index in [1.165, 1.54) is 29.2 Å². The number of hydrogen-bond donors (Lipinski definition) is 1. The summed E-state index contributed by atoms with van der Waals surface area (Å²) in [5.74, 6) is 0.0487. The molecule has 0 saturated carbocycles. The largest absolute Gasteiger partial charge is 0.349 e. The summed E-state index contributed by atoms with van der Waals surface area (Å²) >= 11 is 0.623. The summed E-state index contributed by atoms with van der Waals surface area (Å²) in [6, 6.07) is 8.77. The second-order valence-corrected chi connectivity index (χ2v) is 11.0. The van der Waals surface area contributed by atoms with Crippen molar-refractivity contribution in [1.82, 2.24) is 4.90 Å². The Kier molecular flexibility index (Phi) is 6.22. The Balaban J connectivity index is 2.11. The minimum absolute atomic E-state index is 0.0487. The van der Waals surface area contributed by atoms with Crippen LogP contribution in [0.3, 0.4) is 0 Å². The maximum absolute atomic E-state index is 12.6. The number of sulfone groups is 1. The third-order valence-electron chi connectivity index (χ3n) is 3.69. The lowest BCUT2D eigenvalue weighted by Gasteiger charge is -2.09. The van der Waals surface area contributed by atoms with Crippen LogP contribution in [0.4, 0.5) is 0 Å². The molecule has 26 heavy (non-hydrogen) atoms. The number of sulfonamides is 1. The monoisotopic (exact) mass is 416 g/mol. The Morgan fingerprint density at radius 3 is 2.08 bits per heavy atom. The lowest BCUT2D eigenvalue weighted by Crippen LogP contribution is -2.21. The van der Waals surface area contributed by atoms with Crippen LogP contribution in [0, 0.1) is 0 Å². The van der Waals surface area contributed by atoms with Gasteiger partial charge in [0, 0.05) is 20.5 Å². The third-order valence-corrected chi connectivity index (χ3v) is 8.48. The van der Waals surface area contributed by atoms with E-state index in [4.69, 9.17) is 5.14 Å². The molecule has 0 aliphatic carbocycles. The molecule has 7 nitrogen and oxygen atoms in total. The number of benzene rings is 1. The third kappa shape index (κ3) is 4.91. The van der Waals surface area contributed by atoms with E-state index in [0.29, 0.717) is 30.6 Å². The molecule has 2 N–H and O–H groups in total. The van der Waals surface area contributed by atoms with Crippen LogP contribution in [0.5, 0.6) is 0 Å². The van der Waals surface area contributed by atoms with Crippen molar-refractivity contribution >= 4 is 37.1 Å². The predicted octanol–water partition coefficient (Wildman–Crippen LogP) is 1.64. The van der Waals surface area contributed by atoms with Crippen molar-refractivity contribution in [2.24, 2.45) is 5.14 Å². The van der Waals surface area contributed by atoms with Crippen LogP contribution < -0.4 is 5.14 Å². The van der Waals surface area contributed by atoms with Gasteiger partial charge in [-0.05, 0) is 42.7 Å². The lowest BCUT2D eigenvalue weighted by molar-refractivity contribution is -0.128. The summed E-state index contributed by atoms with van der Waals surface area (Å²) in [4.78, 5) is 13.2. The summed E-state index contributed by atoms with van der Waals surface area (Å²) in [6.07, 6.45) is 1.76. The molecule has 0 fully saturated rings. The highest BCUT2D eigenvalue weighted by molar-refractivity contribution is 7.95. The van der Waals surface area contributed by atoms with Crippen LogP contribution in [0.2, 0.25) is 0 Å². The molecule has 0 aliphatic rings. The van der Waals surface area contributed by atoms with Crippen molar-refractivity contribution in [2.75, 3.05) is 14.1 Å². The van der Waals surface area contributed by atoms with E-state index >= 15 is 0 Å². The fourth-order valence-electron chi connectivity index (χ4n) is 2.22. The number of carbonyl (C=O) groups is 1. The van der Waals surface area contributed by atoms with E-state index in [0.717, 1.165) is 5.56 Å². The zero-order valence-electron chi connectivity index (χ0n) is 14.4. The summed E-state index contributed by atoms with van der Waals surface area (Å²) in [5.41, 5.74) is 0.923. The van der Waals surface area contributed by atoms with E-state index in [2.05, 4.69) is 0 Å². The molecule has 142 valence electrons. The maximum atomic E-state index is 12.6. The summed E-state index contributed by atoms with van der Waals surface area (Å²) < 4.78 is 47.5. The molecule has 1 amide bonds. The smallest absolute Gasteiger partial charge is 0.247 e.